The van der Waals surface area contributed by atoms with E-state index < -0.39 is 0 Å². The SMILES string of the molecule is O=C(CSc1ncnc2c1cnn2-c1ccccc1)Nc1ccc(Cl)cc1Cl. The molecule has 0 bridgehead atoms. The van der Waals surface area contributed by atoms with E-state index in [1.165, 1.54) is 18.1 Å². The fraction of sp³-hybridized carbons (Fsp3) is 0.0526. The van der Waals surface area contributed by atoms with Gasteiger partial charge in [-0.1, -0.05) is 53.2 Å². The number of nitrogens with one attached hydrogen (secondary N) is 1. The van der Waals surface area contributed by atoms with Gasteiger partial charge in [0.15, 0.2) is 5.65 Å². The van der Waals surface area contributed by atoms with Gasteiger partial charge in [0.2, 0.25) is 5.91 Å². The molecule has 0 aliphatic rings. The lowest BCUT2D eigenvalue weighted by Crippen LogP contribution is -2.14. The molecule has 2 aromatic carbocycles. The van der Waals surface area contributed by atoms with Gasteiger partial charge >= 0.3 is 0 Å². The van der Waals surface area contributed by atoms with Gasteiger partial charge in [0.25, 0.3) is 0 Å². The Hall–Kier alpha value is -2.61. The molecule has 0 aliphatic carbocycles. The summed E-state index contributed by atoms with van der Waals surface area (Å²) in [5.41, 5.74) is 2.11. The smallest absolute Gasteiger partial charge is 0.234 e. The first-order chi connectivity index (χ1) is 13.6. The third-order valence-corrected chi connectivity index (χ3v) is 5.43. The molecular formula is C19H13Cl2N5OS. The highest BCUT2D eigenvalue weighted by Gasteiger charge is 2.13. The molecule has 6 nitrogen and oxygen atoms in total. The molecule has 9 heteroatoms. The second-order valence-corrected chi connectivity index (χ2v) is 7.58. The average molecular weight is 430 g/mol. The maximum Gasteiger partial charge on any atom is 0.234 e. The van der Waals surface area contributed by atoms with Gasteiger partial charge in [-0.15, -0.1) is 0 Å². The number of thioether (sulfide) groups is 1. The highest BCUT2D eigenvalue weighted by molar-refractivity contribution is 8.00. The van der Waals surface area contributed by atoms with Crippen LogP contribution >= 0.6 is 35.0 Å². The summed E-state index contributed by atoms with van der Waals surface area (Å²) in [4.78, 5) is 20.9. The van der Waals surface area contributed by atoms with Crippen LogP contribution in [0.25, 0.3) is 16.7 Å². The predicted molar refractivity (Wildman–Crippen MR) is 112 cm³/mol. The van der Waals surface area contributed by atoms with Gasteiger partial charge < -0.3 is 5.32 Å². The van der Waals surface area contributed by atoms with E-state index in [4.69, 9.17) is 23.2 Å². The molecule has 2 aromatic heterocycles. The van der Waals surface area contributed by atoms with Crippen LogP contribution < -0.4 is 5.32 Å². The zero-order valence-electron chi connectivity index (χ0n) is 14.3. The molecule has 0 radical (unpaired) electrons. The van der Waals surface area contributed by atoms with E-state index >= 15 is 0 Å². The van der Waals surface area contributed by atoms with Crippen LogP contribution in [0.3, 0.4) is 0 Å². The van der Waals surface area contributed by atoms with E-state index in [-0.39, 0.29) is 11.7 Å². The molecule has 4 aromatic rings. The Morgan fingerprint density at radius 2 is 1.93 bits per heavy atom. The average Bonchev–Trinajstić information content (AvgIpc) is 3.14. The fourth-order valence-corrected chi connectivity index (χ4v) is 3.82. The van der Waals surface area contributed by atoms with Crippen LogP contribution in [0.5, 0.6) is 0 Å². The number of carbonyl (C=O) groups is 1. The van der Waals surface area contributed by atoms with Crippen molar-refractivity contribution in [2.24, 2.45) is 0 Å². The van der Waals surface area contributed by atoms with Crippen LogP contribution in [-0.4, -0.2) is 31.4 Å². The number of anilines is 1. The largest absolute Gasteiger partial charge is 0.324 e. The van der Waals surface area contributed by atoms with E-state index in [9.17, 15) is 4.79 Å². The van der Waals surface area contributed by atoms with Crippen LogP contribution in [-0.2, 0) is 4.79 Å². The number of benzene rings is 2. The summed E-state index contributed by atoms with van der Waals surface area (Å²) in [6.07, 6.45) is 3.18. The van der Waals surface area contributed by atoms with Crippen LogP contribution in [0.4, 0.5) is 5.69 Å². The van der Waals surface area contributed by atoms with Gasteiger partial charge in [-0.3, -0.25) is 4.79 Å². The molecule has 1 amide bonds. The highest BCUT2D eigenvalue weighted by Crippen LogP contribution is 2.28. The van der Waals surface area contributed by atoms with Gasteiger partial charge in [0.1, 0.15) is 11.4 Å². The van der Waals surface area contributed by atoms with E-state index in [2.05, 4.69) is 20.4 Å². The van der Waals surface area contributed by atoms with Crippen molar-refractivity contribution < 1.29 is 4.79 Å². The fourth-order valence-electron chi connectivity index (χ4n) is 2.61. The molecule has 4 rings (SSSR count). The number of nitrogens with zero attached hydrogens (tertiary/aromatic N) is 4. The quantitative estimate of drug-likeness (QED) is 0.362. The first-order valence-electron chi connectivity index (χ1n) is 8.23. The molecule has 0 saturated heterocycles. The Morgan fingerprint density at radius 1 is 1.11 bits per heavy atom. The number of hydrogen-bond donors (Lipinski definition) is 1. The normalized spacial score (nSPS) is 10.9. The second-order valence-electron chi connectivity index (χ2n) is 5.77. The molecule has 1 N–H and O–H groups in total. The number of fused-ring (bicyclic) bond motifs is 1. The molecule has 0 unspecified atom stereocenters. The van der Waals surface area contributed by atoms with Crippen LogP contribution in [0.15, 0.2) is 66.1 Å². The molecule has 0 aliphatic heterocycles. The molecule has 0 spiro atoms. The Balaban J connectivity index is 1.51. The molecule has 0 fully saturated rings. The van der Waals surface area contributed by atoms with Crippen molar-refractivity contribution in [3.63, 3.8) is 0 Å². The number of aromatic nitrogens is 4. The first-order valence-corrected chi connectivity index (χ1v) is 9.98. The lowest BCUT2D eigenvalue weighted by atomic mass is 10.3. The highest BCUT2D eigenvalue weighted by atomic mass is 35.5. The topological polar surface area (TPSA) is 72.7 Å². The van der Waals surface area contributed by atoms with E-state index in [1.54, 1.807) is 29.1 Å². The van der Waals surface area contributed by atoms with Crippen molar-refractivity contribution >= 4 is 57.6 Å². The van der Waals surface area contributed by atoms with E-state index in [0.29, 0.717) is 26.4 Å². The molecule has 0 atom stereocenters. The summed E-state index contributed by atoms with van der Waals surface area (Å²) in [7, 11) is 0. The van der Waals surface area contributed by atoms with Gasteiger partial charge in [0.05, 0.1) is 33.7 Å². The lowest BCUT2D eigenvalue weighted by Gasteiger charge is -2.07. The Morgan fingerprint density at radius 3 is 2.71 bits per heavy atom. The molecule has 28 heavy (non-hydrogen) atoms. The third kappa shape index (κ3) is 3.96. The first kappa shape index (κ1) is 18.7. The maximum absolute atomic E-state index is 12.3. The van der Waals surface area contributed by atoms with Crippen LogP contribution in [0, 0.1) is 0 Å². The number of para-hydroxylation sites is 1. The van der Waals surface area contributed by atoms with Crippen molar-refractivity contribution in [3.8, 4) is 5.69 Å². The molecule has 0 saturated carbocycles. The Bertz CT molecular complexity index is 1150. The van der Waals surface area contributed by atoms with Crippen molar-refractivity contribution in [1.82, 2.24) is 19.7 Å². The number of halogens is 2. The van der Waals surface area contributed by atoms with Crippen molar-refractivity contribution in [2.75, 3.05) is 11.1 Å². The molecule has 2 heterocycles. The predicted octanol–water partition coefficient (Wildman–Crippen LogP) is 4.85. The van der Waals surface area contributed by atoms with E-state index in [1.807, 2.05) is 30.3 Å². The van der Waals surface area contributed by atoms with Gasteiger partial charge in [-0.25, -0.2) is 14.6 Å². The summed E-state index contributed by atoms with van der Waals surface area (Å²) >= 11 is 13.3. The maximum atomic E-state index is 12.3. The van der Waals surface area contributed by atoms with Crippen LogP contribution in [0.1, 0.15) is 0 Å². The number of hydrogen-bond acceptors (Lipinski definition) is 5. The van der Waals surface area contributed by atoms with Gasteiger partial charge in [0, 0.05) is 5.02 Å². The lowest BCUT2D eigenvalue weighted by molar-refractivity contribution is -0.113. The minimum atomic E-state index is -0.198. The zero-order chi connectivity index (χ0) is 19.5. The van der Waals surface area contributed by atoms with E-state index in [0.717, 1.165) is 11.1 Å². The molecule has 140 valence electrons. The summed E-state index contributed by atoms with van der Waals surface area (Å²) in [5.74, 6) is -0.0295. The van der Waals surface area contributed by atoms with Crippen molar-refractivity contribution in [3.05, 3.63) is 71.1 Å². The second kappa shape index (κ2) is 8.18. The van der Waals surface area contributed by atoms with Gasteiger partial charge in [-0.2, -0.15) is 5.10 Å². The Kier molecular flexibility index (Phi) is 5.47. The molecular weight excluding hydrogens is 417 g/mol. The zero-order valence-corrected chi connectivity index (χ0v) is 16.7. The van der Waals surface area contributed by atoms with Gasteiger partial charge in [-0.05, 0) is 30.3 Å². The summed E-state index contributed by atoms with van der Waals surface area (Å²) in [5, 5.41) is 9.55. The summed E-state index contributed by atoms with van der Waals surface area (Å²) in [6.45, 7) is 0. The summed E-state index contributed by atoms with van der Waals surface area (Å²) in [6, 6.07) is 14.6. The number of rotatable bonds is 5. The monoisotopic (exact) mass is 429 g/mol. The van der Waals surface area contributed by atoms with Crippen molar-refractivity contribution in [2.45, 2.75) is 5.03 Å². The van der Waals surface area contributed by atoms with Crippen molar-refractivity contribution in [1.29, 1.82) is 0 Å². The number of carbonyl (C=O) groups excluding carboxylic acids is 1. The Labute approximate surface area is 174 Å². The third-order valence-electron chi connectivity index (χ3n) is 3.88. The van der Waals surface area contributed by atoms with Crippen LogP contribution in [0.2, 0.25) is 10.0 Å². The standard InChI is InChI=1S/C19H13Cl2N5OS/c20-12-6-7-16(15(21)8-12)25-17(27)10-28-19-14-9-24-26(18(14)22-11-23-19)13-4-2-1-3-5-13/h1-9,11H,10H2,(H,25,27). The minimum Gasteiger partial charge on any atom is -0.324 e. The number of amides is 1. The minimum absolute atomic E-state index is 0.168. The summed E-state index contributed by atoms with van der Waals surface area (Å²) < 4.78 is 1.74.